The number of aryl methyl sites for hydroxylation is 4. The van der Waals surface area contributed by atoms with Gasteiger partial charge in [0.15, 0.2) is 11.6 Å². The van der Waals surface area contributed by atoms with Crippen LogP contribution in [0.1, 0.15) is 29.2 Å². The summed E-state index contributed by atoms with van der Waals surface area (Å²) in [7, 11) is 0. The Morgan fingerprint density at radius 2 is 0.907 bits per heavy atom. The Balaban J connectivity index is 1.33. The van der Waals surface area contributed by atoms with E-state index in [4.69, 9.17) is 9.97 Å². The van der Waals surface area contributed by atoms with Crippen LogP contribution in [0.4, 0.5) is 8.78 Å². The van der Waals surface area contributed by atoms with E-state index >= 15 is 0 Å². The number of pyridine rings is 2. The zero-order chi connectivity index (χ0) is 29.8. The molecule has 0 amide bonds. The maximum absolute atomic E-state index is 14.8. The third kappa shape index (κ3) is 6.48. The third-order valence-corrected chi connectivity index (χ3v) is 6.96. The Morgan fingerprint density at radius 1 is 0.465 bits per heavy atom. The SMILES string of the molecule is Cc1cccc(-c2nc(CCCc3cc(-c4ccccc4F)nc(-c4cccc(C)n4)n3)cc(-c3ccccc3F)n2)n1. The molecule has 6 rings (SSSR count). The number of halogens is 2. The molecule has 6 aromatic rings. The predicted octanol–water partition coefficient (Wildman–Crippen LogP) is 7.79. The lowest BCUT2D eigenvalue weighted by Crippen LogP contribution is -2.04. The molecule has 0 unspecified atom stereocenters. The summed E-state index contributed by atoms with van der Waals surface area (Å²) in [5, 5.41) is 0. The maximum Gasteiger partial charge on any atom is 0.178 e. The van der Waals surface area contributed by atoms with E-state index in [1.165, 1.54) is 12.1 Å². The first-order valence-electron chi connectivity index (χ1n) is 14.1. The van der Waals surface area contributed by atoms with Crippen molar-refractivity contribution in [2.24, 2.45) is 0 Å². The first-order valence-corrected chi connectivity index (χ1v) is 14.1. The molecule has 0 aliphatic rings. The molecule has 0 radical (unpaired) electrons. The summed E-state index contributed by atoms with van der Waals surface area (Å²) in [5.74, 6) is 0.177. The molecule has 6 nitrogen and oxygen atoms in total. The van der Waals surface area contributed by atoms with Gasteiger partial charge >= 0.3 is 0 Å². The fourth-order valence-electron chi connectivity index (χ4n) is 4.88. The molecule has 0 saturated heterocycles. The van der Waals surface area contributed by atoms with Crippen LogP contribution in [0, 0.1) is 25.5 Å². The second-order valence-electron chi connectivity index (χ2n) is 10.3. The molecule has 0 fully saturated rings. The van der Waals surface area contributed by atoms with Gasteiger partial charge in [-0.3, -0.25) is 0 Å². The van der Waals surface area contributed by atoms with Crippen molar-refractivity contribution in [1.82, 2.24) is 29.9 Å². The Bertz CT molecular complexity index is 1790. The van der Waals surface area contributed by atoms with Gasteiger partial charge in [0.1, 0.15) is 23.0 Å². The van der Waals surface area contributed by atoms with Gasteiger partial charge in [0.25, 0.3) is 0 Å². The smallest absolute Gasteiger partial charge is 0.178 e. The summed E-state index contributed by atoms with van der Waals surface area (Å²) in [5.41, 5.74) is 6.25. The van der Waals surface area contributed by atoms with Crippen LogP contribution in [0.15, 0.2) is 97.1 Å². The number of nitrogens with zero attached hydrogens (tertiary/aromatic N) is 6. The van der Waals surface area contributed by atoms with Crippen LogP contribution in [0.2, 0.25) is 0 Å². The van der Waals surface area contributed by atoms with Gasteiger partial charge in [-0.2, -0.15) is 0 Å². The minimum Gasteiger partial charge on any atom is -0.250 e. The van der Waals surface area contributed by atoms with Crippen LogP contribution < -0.4 is 0 Å². The topological polar surface area (TPSA) is 77.3 Å². The monoisotopic (exact) mass is 570 g/mol. The molecule has 0 bridgehead atoms. The summed E-state index contributed by atoms with van der Waals surface area (Å²) in [6, 6.07) is 28.1. The van der Waals surface area contributed by atoms with Crippen LogP contribution in [-0.2, 0) is 12.8 Å². The van der Waals surface area contributed by atoms with Crippen molar-refractivity contribution in [3.8, 4) is 45.6 Å². The second kappa shape index (κ2) is 12.3. The van der Waals surface area contributed by atoms with Gasteiger partial charge in [-0.1, -0.05) is 36.4 Å². The average Bonchev–Trinajstić information content (AvgIpc) is 3.01. The summed E-state index contributed by atoms with van der Waals surface area (Å²) < 4.78 is 29.5. The van der Waals surface area contributed by atoms with Crippen LogP contribution in [0.5, 0.6) is 0 Å². The van der Waals surface area contributed by atoms with Crippen LogP contribution >= 0.6 is 0 Å². The van der Waals surface area contributed by atoms with E-state index in [9.17, 15) is 8.78 Å². The number of rotatable bonds is 8. The van der Waals surface area contributed by atoms with Gasteiger partial charge in [-0.05, 0) is 93.8 Å². The number of hydrogen-bond acceptors (Lipinski definition) is 6. The van der Waals surface area contributed by atoms with Crippen molar-refractivity contribution in [1.29, 1.82) is 0 Å². The minimum absolute atomic E-state index is 0.353. The molecule has 4 aromatic heterocycles. The van der Waals surface area contributed by atoms with E-state index in [1.54, 1.807) is 36.4 Å². The molecule has 0 aliphatic heterocycles. The highest BCUT2D eigenvalue weighted by molar-refractivity contribution is 5.65. The Hall–Kier alpha value is -5.24. The largest absolute Gasteiger partial charge is 0.250 e. The molecular weight excluding hydrogens is 542 g/mol. The van der Waals surface area contributed by atoms with E-state index < -0.39 is 0 Å². The molecule has 0 N–H and O–H groups in total. The highest BCUT2D eigenvalue weighted by atomic mass is 19.1. The number of benzene rings is 2. The van der Waals surface area contributed by atoms with Crippen molar-refractivity contribution >= 4 is 0 Å². The molecule has 0 atom stereocenters. The summed E-state index contributed by atoms with van der Waals surface area (Å²) in [4.78, 5) is 28.1. The number of aromatic nitrogens is 6. The molecule has 8 heteroatoms. The quantitative estimate of drug-likeness (QED) is 0.186. The molecular formula is C35H28F2N6. The van der Waals surface area contributed by atoms with Crippen LogP contribution in [-0.4, -0.2) is 29.9 Å². The van der Waals surface area contributed by atoms with Gasteiger partial charge in [-0.25, -0.2) is 38.7 Å². The van der Waals surface area contributed by atoms with Crippen molar-refractivity contribution in [2.75, 3.05) is 0 Å². The zero-order valence-corrected chi connectivity index (χ0v) is 23.8. The average molecular weight is 571 g/mol. The molecule has 0 aliphatic carbocycles. The van der Waals surface area contributed by atoms with E-state index in [2.05, 4.69) is 19.9 Å². The molecule has 43 heavy (non-hydrogen) atoms. The van der Waals surface area contributed by atoms with Gasteiger partial charge in [0.2, 0.25) is 0 Å². The van der Waals surface area contributed by atoms with E-state index in [0.29, 0.717) is 64.8 Å². The van der Waals surface area contributed by atoms with Gasteiger partial charge in [0, 0.05) is 33.9 Å². The first kappa shape index (κ1) is 27.9. The van der Waals surface area contributed by atoms with Gasteiger partial charge in [-0.15, -0.1) is 0 Å². The summed E-state index contributed by atoms with van der Waals surface area (Å²) in [6.07, 6.45) is 1.85. The van der Waals surface area contributed by atoms with E-state index in [0.717, 1.165) is 22.8 Å². The third-order valence-electron chi connectivity index (χ3n) is 6.96. The van der Waals surface area contributed by atoms with Gasteiger partial charge in [0.05, 0.1) is 11.4 Å². The Kier molecular flexibility index (Phi) is 8.00. The van der Waals surface area contributed by atoms with Crippen LogP contribution in [0.3, 0.4) is 0 Å². The normalized spacial score (nSPS) is 11.1. The fraction of sp³-hybridized carbons (Fsp3) is 0.143. The number of hydrogen-bond donors (Lipinski definition) is 0. The zero-order valence-electron chi connectivity index (χ0n) is 23.8. The van der Waals surface area contributed by atoms with Crippen molar-refractivity contribution in [2.45, 2.75) is 33.1 Å². The first-order chi connectivity index (χ1) is 20.9. The Labute approximate surface area is 248 Å². The predicted molar refractivity (Wildman–Crippen MR) is 163 cm³/mol. The molecule has 0 saturated carbocycles. The Morgan fingerprint density at radius 3 is 1.33 bits per heavy atom. The summed E-state index contributed by atoms with van der Waals surface area (Å²) >= 11 is 0. The van der Waals surface area contributed by atoms with Crippen LogP contribution in [0.25, 0.3) is 45.6 Å². The lowest BCUT2D eigenvalue weighted by Gasteiger charge is -2.11. The summed E-state index contributed by atoms with van der Waals surface area (Å²) in [6.45, 7) is 3.81. The molecule has 212 valence electrons. The van der Waals surface area contributed by atoms with E-state index in [-0.39, 0.29) is 11.6 Å². The van der Waals surface area contributed by atoms with Crippen molar-refractivity contribution < 1.29 is 8.78 Å². The highest BCUT2D eigenvalue weighted by Gasteiger charge is 2.15. The standard InChI is InChI=1S/C35H28F2N6/c1-22-10-7-18-30(38-22)34-40-24(20-32(42-34)26-14-3-5-16-28(26)36)12-9-13-25-21-33(27-15-4-6-17-29(27)37)43-35(41-25)31-19-8-11-23(2)39-31/h3-8,10-11,14-21H,9,12-13H2,1-2H3. The highest BCUT2D eigenvalue weighted by Crippen LogP contribution is 2.27. The maximum atomic E-state index is 14.8. The second-order valence-corrected chi connectivity index (χ2v) is 10.3. The fourth-order valence-corrected chi connectivity index (χ4v) is 4.88. The molecule has 2 aromatic carbocycles. The molecule has 0 spiro atoms. The molecule has 4 heterocycles. The van der Waals surface area contributed by atoms with Crippen molar-refractivity contribution in [3.05, 3.63) is 131 Å². The van der Waals surface area contributed by atoms with Crippen molar-refractivity contribution in [3.63, 3.8) is 0 Å². The lowest BCUT2D eigenvalue weighted by molar-refractivity contribution is 0.630. The van der Waals surface area contributed by atoms with Gasteiger partial charge < -0.3 is 0 Å². The minimum atomic E-state index is -0.353. The lowest BCUT2D eigenvalue weighted by atomic mass is 10.1. The van der Waals surface area contributed by atoms with E-state index in [1.807, 2.05) is 62.4 Å².